The Morgan fingerprint density at radius 3 is 2.48 bits per heavy atom. The number of aryl methyl sites for hydroxylation is 2. The van der Waals surface area contributed by atoms with Crippen LogP contribution in [0.2, 0.25) is 0 Å². The molecule has 0 aliphatic carbocycles. The zero-order chi connectivity index (χ0) is 24.0. The number of thioether (sulfide) groups is 1. The second-order valence-corrected chi connectivity index (χ2v) is 9.92. The van der Waals surface area contributed by atoms with Crippen molar-refractivity contribution in [3.8, 4) is 5.75 Å². The van der Waals surface area contributed by atoms with Gasteiger partial charge in [0.2, 0.25) is 5.91 Å². The number of aromatic nitrogens is 3. The van der Waals surface area contributed by atoms with E-state index in [0.29, 0.717) is 23.4 Å². The maximum Gasteiger partial charge on any atom is 0.234 e. The summed E-state index contributed by atoms with van der Waals surface area (Å²) in [4.78, 5) is 12.6. The van der Waals surface area contributed by atoms with Crippen molar-refractivity contribution in [2.75, 3.05) is 11.1 Å². The Balaban J connectivity index is 1.63. The molecule has 0 radical (unpaired) electrons. The van der Waals surface area contributed by atoms with Crippen LogP contribution in [0.15, 0.2) is 58.7 Å². The van der Waals surface area contributed by atoms with Crippen LogP contribution >= 0.6 is 27.7 Å². The Bertz CT molecular complexity index is 1100. The van der Waals surface area contributed by atoms with E-state index in [1.807, 2.05) is 42.7 Å². The summed E-state index contributed by atoms with van der Waals surface area (Å²) in [7, 11) is 0. The standard InChI is InChI=1S/C25H29BrN4O2S/c1-6-11-30-22(14-32-21-9-7-19(8-10-21)16(2)3)28-29-25(30)33-15-23(31)27-24-17(4)12-20(26)13-18(24)5/h6-10,12-13,16H,1,11,14-15H2,2-5H3,(H,27,31). The lowest BCUT2D eigenvalue weighted by atomic mass is 10.0. The lowest BCUT2D eigenvalue weighted by Crippen LogP contribution is -2.16. The number of ether oxygens (including phenoxy) is 1. The topological polar surface area (TPSA) is 69.0 Å². The second kappa shape index (κ2) is 11.5. The van der Waals surface area contributed by atoms with E-state index in [-0.39, 0.29) is 18.3 Å². The summed E-state index contributed by atoms with van der Waals surface area (Å²) < 4.78 is 8.83. The molecule has 1 amide bonds. The van der Waals surface area contributed by atoms with Crippen LogP contribution in [0.4, 0.5) is 5.69 Å². The summed E-state index contributed by atoms with van der Waals surface area (Å²) in [6, 6.07) is 12.1. The fourth-order valence-electron chi connectivity index (χ4n) is 3.36. The number of carbonyl (C=O) groups excluding carboxylic acids is 1. The van der Waals surface area contributed by atoms with Crippen molar-refractivity contribution in [3.63, 3.8) is 0 Å². The molecule has 33 heavy (non-hydrogen) atoms. The number of anilines is 1. The number of nitrogens with zero attached hydrogens (tertiary/aromatic N) is 3. The number of hydrogen-bond acceptors (Lipinski definition) is 5. The molecular formula is C25H29BrN4O2S. The Labute approximate surface area is 208 Å². The van der Waals surface area contributed by atoms with Gasteiger partial charge >= 0.3 is 0 Å². The summed E-state index contributed by atoms with van der Waals surface area (Å²) in [5.41, 5.74) is 4.13. The average molecular weight is 530 g/mol. The first-order valence-corrected chi connectivity index (χ1v) is 12.5. The van der Waals surface area contributed by atoms with Gasteiger partial charge in [-0.05, 0) is 60.7 Å². The molecule has 8 heteroatoms. The van der Waals surface area contributed by atoms with Crippen molar-refractivity contribution < 1.29 is 9.53 Å². The molecule has 0 bridgehead atoms. The zero-order valence-corrected chi connectivity index (χ0v) is 21.8. The van der Waals surface area contributed by atoms with Gasteiger partial charge in [0.1, 0.15) is 12.4 Å². The first kappa shape index (κ1) is 25.1. The summed E-state index contributed by atoms with van der Waals surface area (Å²) >= 11 is 4.82. The van der Waals surface area contributed by atoms with Gasteiger partial charge < -0.3 is 10.1 Å². The van der Waals surface area contributed by atoms with Gasteiger partial charge in [-0.25, -0.2) is 0 Å². The third-order valence-electron chi connectivity index (χ3n) is 5.11. The molecule has 0 saturated carbocycles. The zero-order valence-electron chi connectivity index (χ0n) is 19.4. The molecule has 1 N–H and O–H groups in total. The number of nitrogens with one attached hydrogen (secondary N) is 1. The van der Waals surface area contributed by atoms with Crippen molar-refractivity contribution in [3.05, 3.63) is 76.0 Å². The number of carbonyl (C=O) groups is 1. The number of hydrogen-bond donors (Lipinski definition) is 1. The lowest BCUT2D eigenvalue weighted by molar-refractivity contribution is -0.113. The van der Waals surface area contributed by atoms with Crippen LogP contribution in [-0.4, -0.2) is 26.4 Å². The fraction of sp³-hybridized carbons (Fsp3) is 0.320. The monoisotopic (exact) mass is 528 g/mol. The first-order chi connectivity index (χ1) is 15.8. The van der Waals surface area contributed by atoms with Crippen LogP contribution in [0.3, 0.4) is 0 Å². The summed E-state index contributed by atoms with van der Waals surface area (Å²) in [6.07, 6.45) is 1.78. The van der Waals surface area contributed by atoms with Crippen LogP contribution in [0, 0.1) is 13.8 Å². The molecule has 0 saturated heterocycles. The highest BCUT2D eigenvalue weighted by molar-refractivity contribution is 9.10. The van der Waals surface area contributed by atoms with E-state index in [9.17, 15) is 4.79 Å². The molecule has 0 unspecified atom stereocenters. The Hall–Kier alpha value is -2.58. The third-order valence-corrected chi connectivity index (χ3v) is 6.54. The maximum atomic E-state index is 12.6. The first-order valence-electron chi connectivity index (χ1n) is 10.7. The van der Waals surface area contributed by atoms with E-state index in [2.05, 4.69) is 64.0 Å². The highest BCUT2D eigenvalue weighted by atomic mass is 79.9. The fourth-order valence-corrected chi connectivity index (χ4v) is 4.81. The van der Waals surface area contributed by atoms with Gasteiger partial charge in [-0.3, -0.25) is 9.36 Å². The highest BCUT2D eigenvalue weighted by Crippen LogP contribution is 2.26. The molecule has 1 heterocycles. The quantitative estimate of drug-likeness (QED) is 0.247. The van der Waals surface area contributed by atoms with Gasteiger partial charge in [0, 0.05) is 16.7 Å². The number of allylic oxidation sites excluding steroid dienone is 1. The number of amides is 1. The van der Waals surface area contributed by atoms with Gasteiger partial charge in [0.15, 0.2) is 11.0 Å². The molecule has 0 atom stereocenters. The van der Waals surface area contributed by atoms with Crippen molar-refractivity contribution in [2.24, 2.45) is 0 Å². The van der Waals surface area contributed by atoms with Gasteiger partial charge in [-0.15, -0.1) is 16.8 Å². The lowest BCUT2D eigenvalue weighted by Gasteiger charge is -2.12. The van der Waals surface area contributed by atoms with Crippen molar-refractivity contribution in [2.45, 2.75) is 51.9 Å². The molecule has 0 aliphatic heterocycles. The van der Waals surface area contributed by atoms with Crippen molar-refractivity contribution in [1.29, 1.82) is 0 Å². The molecule has 1 aromatic heterocycles. The van der Waals surface area contributed by atoms with E-state index in [1.165, 1.54) is 17.3 Å². The van der Waals surface area contributed by atoms with Gasteiger partial charge in [-0.1, -0.05) is 59.7 Å². The Morgan fingerprint density at radius 1 is 1.21 bits per heavy atom. The molecule has 0 spiro atoms. The predicted octanol–water partition coefficient (Wildman–Crippen LogP) is 6.28. The summed E-state index contributed by atoms with van der Waals surface area (Å²) in [5.74, 6) is 2.07. The maximum absolute atomic E-state index is 12.6. The van der Waals surface area contributed by atoms with E-state index < -0.39 is 0 Å². The van der Waals surface area contributed by atoms with Crippen LogP contribution in [0.5, 0.6) is 5.75 Å². The molecular weight excluding hydrogens is 500 g/mol. The largest absolute Gasteiger partial charge is 0.486 e. The van der Waals surface area contributed by atoms with E-state index >= 15 is 0 Å². The van der Waals surface area contributed by atoms with Gasteiger partial charge in [0.05, 0.1) is 5.75 Å². The molecule has 2 aromatic carbocycles. The number of rotatable bonds is 10. The average Bonchev–Trinajstić information content (AvgIpc) is 3.15. The molecule has 3 aromatic rings. The van der Waals surface area contributed by atoms with Gasteiger partial charge in [-0.2, -0.15) is 0 Å². The Morgan fingerprint density at radius 2 is 1.88 bits per heavy atom. The van der Waals surface area contributed by atoms with E-state index in [4.69, 9.17) is 4.74 Å². The summed E-state index contributed by atoms with van der Waals surface area (Å²) in [6.45, 7) is 12.9. The number of benzene rings is 2. The smallest absolute Gasteiger partial charge is 0.234 e. The SMILES string of the molecule is C=CCn1c(COc2ccc(C(C)C)cc2)nnc1SCC(=O)Nc1c(C)cc(Br)cc1C. The van der Waals surface area contributed by atoms with Crippen molar-refractivity contribution >= 4 is 39.3 Å². The van der Waals surface area contributed by atoms with Crippen LogP contribution < -0.4 is 10.1 Å². The minimum Gasteiger partial charge on any atom is -0.486 e. The van der Waals surface area contributed by atoms with E-state index in [1.54, 1.807) is 6.08 Å². The normalized spacial score (nSPS) is 11.0. The highest BCUT2D eigenvalue weighted by Gasteiger charge is 2.15. The van der Waals surface area contributed by atoms with Crippen LogP contribution in [0.1, 0.15) is 42.3 Å². The van der Waals surface area contributed by atoms with Crippen LogP contribution in [0.25, 0.3) is 0 Å². The molecule has 0 fully saturated rings. The van der Waals surface area contributed by atoms with E-state index in [0.717, 1.165) is 27.0 Å². The molecule has 174 valence electrons. The van der Waals surface area contributed by atoms with Crippen LogP contribution in [-0.2, 0) is 17.9 Å². The second-order valence-electron chi connectivity index (χ2n) is 8.06. The van der Waals surface area contributed by atoms with Gasteiger partial charge in [0.25, 0.3) is 0 Å². The predicted molar refractivity (Wildman–Crippen MR) is 138 cm³/mol. The molecule has 6 nitrogen and oxygen atoms in total. The molecule has 0 aliphatic rings. The minimum absolute atomic E-state index is 0.0929. The minimum atomic E-state index is -0.0929. The molecule has 3 rings (SSSR count). The van der Waals surface area contributed by atoms with Crippen molar-refractivity contribution in [1.82, 2.24) is 14.8 Å². The third kappa shape index (κ3) is 6.71. The Kier molecular flexibility index (Phi) is 8.74. The summed E-state index contributed by atoms with van der Waals surface area (Å²) in [5, 5.41) is 12.2. The number of halogens is 1.